The standard InChI is InChI=1S/C17H19NO2/c1-4-9-13(5-2)15(17(19)20)12-16(18-3)14-10-7-6-8-11-14/h4-8,10-11,16H,1-3,9,12H2,(H,19,20)/b15-13+. The van der Waals surface area contributed by atoms with Gasteiger partial charge in [0.15, 0.2) is 0 Å². The quantitative estimate of drug-likeness (QED) is 0.336. The highest BCUT2D eigenvalue weighted by molar-refractivity contribution is 5.88. The summed E-state index contributed by atoms with van der Waals surface area (Å²) in [5.74, 6) is -0.952. The van der Waals surface area contributed by atoms with Crippen LogP contribution < -0.4 is 0 Å². The van der Waals surface area contributed by atoms with Gasteiger partial charge in [-0.2, -0.15) is 0 Å². The van der Waals surface area contributed by atoms with Crippen molar-refractivity contribution in [3.63, 3.8) is 0 Å². The number of nitrogens with zero attached hydrogens (tertiary/aromatic N) is 1. The number of carboxylic acid groups (broad SMARTS) is 1. The molecule has 0 amide bonds. The molecule has 0 spiro atoms. The van der Waals surface area contributed by atoms with Gasteiger partial charge in [0, 0.05) is 12.0 Å². The van der Waals surface area contributed by atoms with E-state index in [1.165, 1.54) is 0 Å². The van der Waals surface area contributed by atoms with Crippen molar-refractivity contribution >= 4 is 12.7 Å². The summed E-state index contributed by atoms with van der Waals surface area (Å²) in [5, 5.41) is 9.39. The first-order valence-electron chi connectivity index (χ1n) is 6.33. The third-order valence-electron chi connectivity index (χ3n) is 3.06. The van der Waals surface area contributed by atoms with Crippen LogP contribution in [0.5, 0.6) is 0 Å². The Labute approximate surface area is 119 Å². The average Bonchev–Trinajstić information content (AvgIpc) is 2.47. The van der Waals surface area contributed by atoms with Gasteiger partial charge in [0.05, 0.1) is 6.04 Å². The molecule has 0 radical (unpaired) electrons. The summed E-state index contributed by atoms with van der Waals surface area (Å²) in [6, 6.07) is 9.26. The summed E-state index contributed by atoms with van der Waals surface area (Å²) in [6.07, 6.45) is 4.00. The number of carboxylic acids is 1. The fraction of sp³-hybridized carbons (Fsp3) is 0.176. The van der Waals surface area contributed by atoms with Crippen molar-refractivity contribution < 1.29 is 9.90 Å². The maximum Gasteiger partial charge on any atom is 0.331 e. The van der Waals surface area contributed by atoms with E-state index in [9.17, 15) is 9.90 Å². The SMILES string of the molecule is C=CC/C(C=C)=C(\CC(N=C)c1ccccc1)C(=O)O. The third-order valence-corrected chi connectivity index (χ3v) is 3.06. The largest absolute Gasteiger partial charge is 0.478 e. The molecule has 0 heterocycles. The summed E-state index contributed by atoms with van der Waals surface area (Å²) < 4.78 is 0. The van der Waals surface area contributed by atoms with Gasteiger partial charge in [-0.15, -0.1) is 6.58 Å². The smallest absolute Gasteiger partial charge is 0.331 e. The molecule has 1 N–H and O–H groups in total. The minimum atomic E-state index is -0.952. The fourth-order valence-corrected chi connectivity index (χ4v) is 2.00. The van der Waals surface area contributed by atoms with Crippen LogP contribution >= 0.6 is 0 Å². The highest BCUT2D eigenvalue weighted by Crippen LogP contribution is 2.27. The summed E-state index contributed by atoms with van der Waals surface area (Å²) in [7, 11) is 0. The zero-order valence-electron chi connectivity index (χ0n) is 11.5. The Morgan fingerprint density at radius 3 is 2.40 bits per heavy atom. The van der Waals surface area contributed by atoms with E-state index in [1.807, 2.05) is 30.3 Å². The van der Waals surface area contributed by atoms with Crippen LogP contribution in [0.25, 0.3) is 0 Å². The number of allylic oxidation sites excluding steroid dienone is 3. The molecular weight excluding hydrogens is 250 g/mol. The van der Waals surface area contributed by atoms with E-state index in [-0.39, 0.29) is 12.5 Å². The number of carbonyl (C=O) groups is 1. The van der Waals surface area contributed by atoms with Crippen LogP contribution in [0, 0.1) is 0 Å². The maximum absolute atomic E-state index is 11.5. The molecule has 0 saturated carbocycles. The molecule has 0 aliphatic heterocycles. The topological polar surface area (TPSA) is 49.7 Å². The molecule has 0 saturated heterocycles. The lowest BCUT2D eigenvalue weighted by atomic mass is 9.94. The van der Waals surface area contributed by atoms with E-state index in [0.29, 0.717) is 17.6 Å². The molecule has 0 fully saturated rings. The van der Waals surface area contributed by atoms with Crippen LogP contribution in [0.3, 0.4) is 0 Å². The summed E-state index contributed by atoms with van der Waals surface area (Å²) in [5.41, 5.74) is 1.92. The van der Waals surface area contributed by atoms with E-state index < -0.39 is 5.97 Å². The monoisotopic (exact) mass is 269 g/mol. The van der Waals surface area contributed by atoms with Crippen molar-refractivity contribution in [2.24, 2.45) is 4.99 Å². The molecule has 3 nitrogen and oxygen atoms in total. The van der Waals surface area contributed by atoms with Crippen molar-refractivity contribution in [1.29, 1.82) is 0 Å². The van der Waals surface area contributed by atoms with Crippen molar-refractivity contribution in [2.45, 2.75) is 18.9 Å². The third kappa shape index (κ3) is 4.05. The summed E-state index contributed by atoms with van der Waals surface area (Å²) >= 11 is 0. The second kappa shape index (κ2) is 7.89. The van der Waals surface area contributed by atoms with Crippen molar-refractivity contribution in [2.75, 3.05) is 0 Å². The van der Waals surface area contributed by atoms with E-state index in [4.69, 9.17) is 0 Å². The Kier molecular flexibility index (Phi) is 6.17. The lowest BCUT2D eigenvalue weighted by Gasteiger charge is -2.15. The maximum atomic E-state index is 11.5. The molecular formula is C17H19NO2. The molecule has 1 aromatic carbocycles. The molecule has 104 valence electrons. The van der Waals surface area contributed by atoms with Gasteiger partial charge in [0.25, 0.3) is 0 Å². The Balaban J connectivity index is 3.11. The first-order valence-corrected chi connectivity index (χ1v) is 6.33. The highest BCUT2D eigenvalue weighted by Gasteiger charge is 2.18. The summed E-state index contributed by atoms with van der Waals surface area (Å²) in [6.45, 7) is 10.9. The van der Waals surface area contributed by atoms with Crippen LogP contribution in [0.1, 0.15) is 24.4 Å². The number of aliphatic carboxylic acids is 1. The molecule has 0 aromatic heterocycles. The molecule has 0 bridgehead atoms. The van der Waals surface area contributed by atoms with E-state index >= 15 is 0 Å². The predicted molar refractivity (Wildman–Crippen MR) is 83.0 cm³/mol. The van der Waals surface area contributed by atoms with Gasteiger partial charge >= 0.3 is 5.97 Å². The molecule has 0 aliphatic rings. The molecule has 1 rings (SSSR count). The van der Waals surface area contributed by atoms with Crippen molar-refractivity contribution in [1.82, 2.24) is 0 Å². The molecule has 20 heavy (non-hydrogen) atoms. The van der Waals surface area contributed by atoms with Crippen LogP contribution in [-0.4, -0.2) is 17.8 Å². The molecule has 3 heteroatoms. The van der Waals surface area contributed by atoms with Gasteiger partial charge in [0.1, 0.15) is 0 Å². The van der Waals surface area contributed by atoms with Crippen LogP contribution in [-0.2, 0) is 4.79 Å². The highest BCUT2D eigenvalue weighted by atomic mass is 16.4. The number of hydrogen-bond donors (Lipinski definition) is 1. The van der Waals surface area contributed by atoms with Gasteiger partial charge in [-0.05, 0) is 24.3 Å². The number of hydrogen-bond acceptors (Lipinski definition) is 2. The van der Waals surface area contributed by atoms with E-state index in [1.54, 1.807) is 12.2 Å². The van der Waals surface area contributed by atoms with Gasteiger partial charge in [0.2, 0.25) is 0 Å². The molecule has 1 atom stereocenters. The van der Waals surface area contributed by atoms with Crippen molar-refractivity contribution in [3.8, 4) is 0 Å². The fourth-order valence-electron chi connectivity index (χ4n) is 2.00. The second-order valence-corrected chi connectivity index (χ2v) is 4.32. The second-order valence-electron chi connectivity index (χ2n) is 4.32. The van der Waals surface area contributed by atoms with E-state index in [2.05, 4.69) is 24.9 Å². The average molecular weight is 269 g/mol. The Hall–Kier alpha value is -2.42. The number of benzene rings is 1. The van der Waals surface area contributed by atoms with Crippen LogP contribution in [0.15, 0.2) is 71.8 Å². The van der Waals surface area contributed by atoms with Gasteiger partial charge in [-0.25, -0.2) is 4.79 Å². The number of rotatable bonds is 8. The predicted octanol–water partition coefficient (Wildman–Crippen LogP) is 3.96. The van der Waals surface area contributed by atoms with Gasteiger partial charge in [-0.3, -0.25) is 4.99 Å². The first-order chi connectivity index (χ1) is 9.63. The zero-order valence-corrected chi connectivity index (χ0v) is 11.5. The van der Waals surface area contributed by atoms with Crippen LogP contribution in [0.4, 0.5) is 0 Å². The van der Waals surface area contributed by atoms with E-state index in [0.717, 1.165) is 5.56 Å². The Morgan fingerprint density at radius 2 is 1.95 bits per heavy atom. The minimum absolute atomic E-state index is 0.276. The van der Waals surface area contributed by atoms with Crippen LogP contribution in [0.2, 0.25) is 0 Å². The lowest BCUT2D eigenvalue weighted by Crippen LogP contribution is -2.08. The molecule has 1 unspecified atom stereocenters. The normalized spacial score (nSPS) is 13.0. The summed E-state index contributed by atoms with van der Waals surface area (Å²) in [4.78, 5) is 15.5. The van der Waals surface area contributed by atoms with Gasteiger partial charge < -0.3 is 5.11 Å². The minimum Gasteiger partial charge on any atom is -0.478 e. The van der Waals surface area contributed by atoms with Crippen molar-refractivity contribution in [3.05, 3.63) is 72.4 Å². The lowest BCUT2D eigenvalue weighted by molar-refractivity contribution is -0.132. The zero-order chi connectivity index (χ0) is 15.0. The molecule has 1 aromatic rings. The Bertz CT molecular complexity index is 529. The van der Waals surface area contributed by atoms with Gasteiger partial charge in [-0.1, -0.05) is 49.1 Å². The Morgan fingerprint density at radius 1 is 1.30 bits per heavy atom. The first kappa shape index (κ1) is 15.6. The number of aliphatic imine (C=N–C) groups is 1. The molecule has 0 aliphatic carbocycles.